The SMILES string of the molecule is CCOC(=O)c1ccc(Br)c(OC(F)F)c1Br. The van der Waals surface area contributed by atoms with E-state index < -0.39 is 12.6 Å². The van der Waals surface area contributed by atoms with Crippen molar-refractivity contribution >= 4 is 37.8 Å². The van der Waals surface area contributed by atoms with Gasteiger partial charge >= 0.3 is 12.6 Å². The molecule has 0 N–H and O–H groups in total. The number of ether oxygens (including phenoxy) is 2. The molecule has 0 saturated heterocycles. The molecule has 3 nitrogen and oxygen atoms in total. The van der Waals surface area contributed by atoms with Crippen LogP contribution in [0, 0.1) is 0 Å². The first kappa shape index (κ1) is 14.4. The lowest BCUT2D eigenvalue weighted by Gasteiger charge is -2.12. The summed E-state index contributed by atoms with van der Waals surface area (Å²) in [5, 5.41) is 0. The molecule has 0 bridgehead atoms. The molecule has 0 saturated carbocycles. The van der Waals surface area contributed by atoms with Crippen molar-refractivity contribution < 1.29 is 23.0 Å². The number of rotatable bonds is 4. The zero-order valence-electron chi connectivity index (χ0n) is 8.68. The Morgan fingerprint density at radius 2 is 2.06 bits per heavy atom. The number of hydrogen-bond donors (Lipinski definition) is 0. The fourth-order valence-electron chi connectivity index (χ4n) is 1.10. The average molecular weight is 374 g/mol. The van der Waals surface area contributed by atoms with Gasteiger partial charge in [-0.2, -0.15) is 8.78 Å². The third-order valence-corrected chi connectivity index (χ3v) is 3.16. The Morgan fingerprint density at radius 3 is 2.59 bits per heavy atom. The van der Waals surface area contributed by atoms with Crippen molar-refractivity contribution in [1.29, 1.82) is 0 Å². The van der Waals surface area contributed by atoms with Gasteiger partial charge in [-0.25, -0.2) is 4.79 Å². The highest BCUT2D eigenvalue weighted by Gasteiger charge is 2.19. The molecule has 1 aromatic rings. The summed E-state index contributed by atoms with van der Waals surface area (Å²) in [5.74, 6) is -0.739. The van der Waals surface area contributed by atoms with Crippen molar-refractivity contribution in [3.8, 4) is 5.75 Å². The molecular weight excluding hydrogens is 366 g/mol. The van der Waals surface area contributed by atoms with Gasteiger partial charge in [0.1, 0.15) is 0 Å². The van der Waals surface area contributed by atoms with Gasteiger partial charge in [0.15, 0.2) is 5.75 Å². The predicted octanol–water partition coefficient (Wildman–Crippen LogP) is 3.99. The zero-order chi connectivity index (χ0) is 13.0. The van der Waals surface area contributed by atoms with Gasteiger partial charge in [-0.15, -0.1) is 0 Å². The van der Waals surface area contributed by atoms with E-state index in [-0.39, 0.29) is 22.4 Å². The van der Waals surface area contributed by atoms with Crippen LogP contribution in [0.1, 0.15) is 17.3 Å². The molecule has 17 heavy (non-hydrogen) atoms. The molecule has 0 aliphatic carbocycles. The Bertz CT molecular complexity index is 424. The molecule has 0 fully saturated rings. The molecule has 0 atom stereocenters. The topological polar surface area (TPSA) is 35.5 Å². The number of halogens is 4. The summed E-state index contributed by atoms with van der Waals surface area (Å²) in [5.41, 5.74) is 0.130. The van der Waals surface area contributed by atoms with E-state index in [1.807, 2.05) is 0 Å². The largest absolute Gasteiger partial charge is 0.462 e. The number of alkyl halides is 2. The van der Waals surface area contributed by atoms with Crippen LogP contribution in [0.25, 0.3) is 0 Å². The molecular formula is C10H8Br2F2O3. The maximum absolute atomic E-state index is 12.2. The summed E-state index contributed by atoms with van der Waals surface area (Å²) in [6.45, 7) is -1.12. The van der Waals surface area contributed by atoms with E-state index in [2.05, 4.69) is 36.6 Å². The Balaban J connectivity index is 3.14. The van der Waals surface area contributed by atoms with Gasteiger partial charge in [-0.1, -0.05) is 0 Å². The fraction of sp³-hybridized carbons (Fsp3) is 0.300. The Kier molecular flexibility index (Phi) is 5.32. The van der Waals surface area contributed by atoms with Gasteiger partial charge in [0.2, 0.25) is 0 Å². The lowest BCUT2D eigenvalue weighted by Crippen LogP contribution is -2.09. The van der Waals surface area contributed by atoms with Crippen LogP contribution in [0.3, 0.4) is 0 Å². The molecule has 94 valence electrons. The van der Waals surface area contributed by atoms with Gasteiger partial charge in [0.05, 0.1) is 21.1 Å². The highest BCUT2D eigenvalue weighted by Crippen LogP contribution is 2.37. The van der Waals surface area contributed by atoms with Crippen LogP contribution in [-0.2, 0) is 4.74 Å². The maximum atomic E-state index is 12.2. The van der Waals surface area contributed by atoms with E-state index in [0.717, 1.165) is 0 Å². The normalized spacial score (nSPS) is 10.5. The average Bonchev–Trinajstić information content (AvgIpc) is 2.24. The molecule has 7 heteroatoms. The standard InChI is InChI=1S/C10H8Br2F2O3/c1-2-16-9(15)5-3-4-6(11)8(7(5)12)17-10(13)14/h3-4,10H,2H2,1H3. The molecule has 0 aliphatic rings. The first-order valence-electron chi connectivity index (χ1n) is 4.57. The van der Waals surface area contributed by atoms with E-state index in [9.17, 15) is 13.6 Å². The number of benzene rings is 1. The lowest BCUT2D eigenvalue weighted by atomic mass is 10.2. The highest BCUT2D eigenvalue weighted by atomic mass is 79.9. The minimum Gasteiger partial charge on any atom is -0.462 e. The van der Waals surface area contributed by atoms with Crippen molar-refractivity contribution in [2.24, 2.45) is 0 Å². The van der Waals surface area contributed by atoms with Crippen molar-refractivity contribution in [2.45, 2.75) is 13.5 Å². The molecule has 1 rings (SSSR count). The minimum absolute atomic E-state index is 0.130. The summed E-state index contributed by atoms with van der Waals surface area (Å²) >= 11 is 6.10. The van der Waals surface area contributed by atoms with Crippen molar-refractivity contribution in [3.05, 3.63) is 26.6 Å². The van der Waals surface area contributed by atoms with Gasteiger partial charge in [-0.3, -0.25) is 0 Å². The van der Waals surface area contributed by atoms with E-state index in [1.54, 1.807) is 6.92 Å². The predicted molar refractivity (Wildman–Crippen MR) is 64.4 cm³/mol. The number of hydrogen-bond acceptors (Lipinski definition) is 3. The van der Waals surface area contributed by atoms with Crippen LogP contribution < -0.4 is 4.74 Å². The Morgan fingerprint density at radius 1 is 1.41 bits per heavy atom. The van der Waals surface area contributed by atoms with Crippen LogP contribution in [0.4, 0.5) is 8.78 Å². The lowest BCUT2D eigenvalue weighted by molar-refractivity contribution is -0.0509. The summed E-state index contributed by atoms with van der Waals surface area (Å²) in [6, 6.07) is 2.89. The quantitative estimate of drug-likeness (QED) is 0.748. The fourth-order valence-corrected chi connectivity index (χ4v) is 2.39. The second-order valence-corrected chi connectivity index (χ2v) is 4.48. The van der Waals surface area contributed by atoms with Gasteiger partial charge in [0, 0.05) is 0 Å². The van der Waals surface area contributed by atoms with Crippen LogP contribution in [0.2, 0.25) is 0 Å². The van der Waals surface area contributed by atoms with Crippen molar-refractivity contribution in [1.82, 2.24) is 0 Å². The van der Waals surface area contributed by atoms with Crippen molar-refractivity contribution in [3.63, 3.8) is 0 Å². The smallest absolute Gasteiger partial charge is 0.387 e. The molecule has 0 radical (unpaired) electrons. The van der Waals surface area contributed by atoms with Crippen molar-refractivity contribution in [2.75, 3.05) is 6.61 Å². The maximum Gasteiger partial charge on any atom is 0.387 e. The second-order valence-electron chi connectivity index (χ2n) is 2.84. The van der Waals surface area contributed by atoms with Crippen LogP contribution in [0.15, 0.2) is 21.1 Å². The van der Waals surface area contributed by atoms with Gasteiger partial charge in [-0.05, 0) is 50.9 Å². The molecule has 0 aromatic heterocycles. The van der Waals surface area contributed by atoms with Gasteiger partial charge in [0.25, 0.3) is 0 Å². The summed E-state index contributed by atoms with van der Waals surface area (Å²) < 4.78 is 33.9. The number of carbonyl (C=O) groups is 1. The second kappa shape index (κ2) is 6.30. The monoisotopic (exact) mass is 372 g/mol. The third-order valence-electron chi connectivity index (χ3n) is 1.75. The Hall–Kier alpha value is -0.690. The highest BCUT2D eigenvalue weighted by molar-refractivity contribution is 9.11. The molecule has 0 aliphatic heterocycles. The molecule has 0 heterocycles. The van der Waals surface area contributed by atoms with Crippen LogP contribution >= 0.6 is 31.9 Å². The van der Waals surface area contributed by atoms with Crippen LogP contribution in [0.5, 0.6) is 5.75 Å². The van der Waals surface area contributed by atoms with E-state index >= 15 is 0 Å². The molecule has 0 amide bonds. The number of esters is 1. The summed E-state index contributed by atoms with van der Waals surface area (Å²) in [6.07, 6.45) is 0. The van der Waals surface area contributed by atoms with Crippen LogP contribution in [-0.4, -0.2) is 19.2 Å². The van der Waals surface area contributed by atoms with E-state index in [4.69, 9.17) is 4.74 Å². The van der Waals surface area contributed by atoms with Gasteiger partial charge < -0.3 is 9.47 Å². The third kappa shape index (κ3) is 3.64. The molecule has 0 spiro atoms. The number of carbonyl (C=O) groups excluding carboxylic acids is 1. The van der Waals surface area contributed by atoms with E-state index in [1.165, 1.54) is 12.1 Å². The zero-order valence-corrected chi connectivity index (χ0v) is 11.8. The first-order chi connectivity index (χ1) is 7.97. The summed E-state index contributed by atoms with van der Waals surface area (Å²) in [7, 11) is 0. The molecule has 0 unspecified atom stereocenters. The summed E-state index contributed by atoms with van der Waals surface area (Å²) in [4.78, 5) is 11.5. The minimum atomic E-state index is -2.97. The first-order valence-corrected chi connectivity index (χ1v) is 6.15. The molecule has 1 aromatic carbocycles. The Labute approximate surface area is 113 Å². The van der Waals surface area contributed by atoms with E-state index in [0.29, 0.717) is 4.47 Å².